The summed E-state index contributed by atoms with van der Waals surface area (Å²) in [5.74, 6) is 0.513. The predicted molar refractivity (Wildman–Crippen MR) is 130 cm³/mol. The topological polar surface area (TPSA) is 76.7 Å². The number of rotatable bonds is 6. The number of ether oxygens (including phenoxy) is 2. The van der Waals surface area contributed by atoms with Gasteiger partial charge in [-0.25, -0.2) is 13.8 Å². The Kier molecular flexibility index (Phi) is 9.27. The van der Waals surface area contributed by atoms with Crippen LogP contribution in [0.1, 0.15) is 5.56 Å². The zero-order valence-electron chi connectivity index (χ0n) is 18.4. The third-order valence-corrected chi connectivity index (χ3v) is 5.57. The highest BCUT2D eigenvalue weighted by Gasteiger charge is 2.21. The summed E-state index contributed by atoms with van der Waals surface area (Å²) < 4.78 is 37.2. The fourth-order valence-corrected chi connectivity index (χ4v) is 3.76. The molecule has 0 aliphatic carbocycles. The highest BCUT2D eigenvalue weighted by atomic mass is 35.5. The second kappa shape index (κ2) is 11.5. The van der Waals surface area contributed by atoms with Crippen molar-refractivity contribution in [2.45, 2.75) is 6.42 Å². The van der Waals surface area contributed by atoms with Crippen molar-refractivity contribution in [3.05, 3.63) is 47.5 Å². The van der Waals surface area contributed by atoms with Crippen LogP contribution in [-0.4, -0.2) is 61.8 Å². The van der Waals surface area contributed by atoms with E-state index in [0.717, 1.165) is 38.3 Å². The van der Waals surface area contributed by atoms with Gasteiger partial charge in [0.1, 0.15) is 5.82 Å². The molecule has 11 heteroatoms. The fourth-order valence-electron chi connectivity index (χ4n) is 3.76. The number of nitrogens with two attached hydrogens (primary N) is 1. The average molecular weight is 502 g/mol. The van der Waals surface area contributed by atoms with E-state index in [1.165, 1.54) is 12.1 Å². The Morgan fingerprint density at radius 1 is 0.909 bits per heavy atom. The van der Waals surface area contributed by atoms with E-state index in [9.17, 15) is 8.78 Å². The number of methoxy groups -OCH3 is 2. The zero-order valence-corrected chi connectivity index (χ0v) is 20.0. The lowest BCUT2D eigenvalue weighted by atomic mass is 10.1. The molecule has 1 aromatic heterocycles. The molecule has 0 atom stereocenters. The maximum atomic E-state index is 13.4. The number of nitrogen functional groups attached to an aromatic ring is 1. The monoisotopic (exact) mass is 501 g/mol. The fraction of sp³-hybridized carbons (Fsp3) is 0.364. The molecular weight excluding hydrogens is 475 g/mol. The number of hydrogen-bond acceptors (Lipinski definition) is 7. The quantitative estimate of drug-likeness (QED) is 0.551. The molecule has 0 unspecified atom stereocenters. The van der Waals surface area contributed by atoms with Crippen LogP contribution < -0.4 is 20.1 Å². The molecule has 0 radical (unpaired) electrons. The Morgan fingerprint density at radius 3 is 2.21 bits per heavy atom. The summed E-state index contributed by atoms with van der Waals surface area (Å²) >= 11 is 0. The first-order valence-corrected chi connectivity index (χ1v) is 10.1. The Hall–Kier alpha value is -2.62. The van der Waals surface area contributed by atoms with Gasteiger partial charge in [0, 0.05) is 44.2 Å². The van der Waals surface area contributed by atoms with Crippen LogP contribution in [-0.2, 0) is 6.42 Å². The van der Waals surface area contributed by atoms with Crippen molar-refractivity contribution >= 4 is 47.5 Å². The standard InChI is InChI=1S/C22H25F2N5O2.2ClH/c1-30-19-12-15-18(13-20(19)31-2)26-22(27-21(15)25)29-9-7-28(8-10-29)6-5-14-3-4-16(23)17(24)11-14;;/h3-4,11-13H,5-10H2,1-2H3,(H2,25,26,27);2*1H. The van der Waals surface area contributed by atoms with Crippen LogP contribution in [0.25, 0.3) is 10.9 Å². The molecule has 1 fully saturated rings. The molecule has 0 bridgehead atoms. The Bertz CT molecular complexity index is 1100. The lowest BCUT2D eigenvalue weighted by Crippen LogP contribution is -2.47. The Morgan fingerprint density at radius 2 is 1.58 bits per heavy atom. The molecular formula is C22H27Cl2F2N5O2. The van der Waals surface area contributed by atoms with E-state index in [0.29, 0.717) is 40.6 Å². The first-order valence-electron chi connectivity index (χ1n) is 10.1. The van der Waals surface area contributed by atoms with Gasteiger partial charge in [0.25, 0.3) is 0 Å². The highest BCUT2D eigenvalue weighted by molar-refractivity contribution is 5.91. The first kappa shape index (κ1) is 26.6. The third kappa shape index (κ3) is 5.85. The van der Waals surface area contributed by atoms with E-state index in [2.05, 4.69) is 19.8 Å². The molecule has 3 aromatic rings. The van der Waals surface area contributed by atoms with Crippen molar-refractivity contribution in [3.63, 3.8) is 0 Å². The largest absolute Gasteiger partial charge is 0.493 e. The van der Waals surface area contributed by atoms with Crippen molar-refractivity contribution in [1.29, 1.82) is 0 Å². The van der Waals surface area contributed by atoms with Crippen molar-refractivity contribution < 1.29 is 18.3 Å². The molecule has 1 aliphatic heterocycles. The van der Waals surface area contributed by atoms with Crippen molar-refractivity contribution in [2.75, 3.05) is 57.6 Å². The van der Waals surface area contributed by atoms with E-state index >= 15 is 0 Å². The average Bonchev–Trinajstić information content (AvgIpc) is 2.79. The number of fused-ring (bicyclic) bond motifs is 1. The van der Waals surface area contributed by atoms with Crippen molar-refractivity contribution in [3.8, 4) is 11.5 Å². The highest BCUT2D eigenvalue weighted by Crippen LogP contribution is 2.34. The molecule has 2 N–H and O–H groups in total. The van der Waals surface area contributed by atoms with E-state index in [1.807, 2.05) is 0 Å². The molecule has 2 heterocycles. The van der Waals surface area contributed by atoms with Crippen molar-refractivity contribution in [2.24, 2.45) is 0 Å². The van der Waals surface area contributed by atoms with Crippen LogP contribution in [0.4, 0.5) is 20.5 Å². The third-order valence-electron chi connectivity index (χ3n) is 5.57. The first-order chi connectivity index (χ1) is 15.0. The van der Waals surface area contributed by atoms with Gasteiger partial charge in [0.05, 0.1) is 19.7 Å². The van der Waals surface area contributed by atoms with Crippen LogP contribution in [0.2, 0.25) is 0 Å². The molecule has 1 saturated heterocycles. The van der Waals surface area contributed by atoms with Gasteiger partial charge in [-0.2, -0.15) is 4.98 Å². The van der Waals surface area contributed by atoms with Gasteiger partial charge >= 0.3 is 0 Å². The summed E-state index contributed by atoms with van der Waals surface area (Å²) in [6.07, 6.45) is 0.665. The van der Waals surface area contributed by atoms with Crippen LogP contribution in [0.15, 0.2) is 30.3 Å². The molecule has 0 amide bonds. The molecule has 4 rings (SSSR count). The number of nitrogens with zero attached hydrogens (tertiary/aromatic N) is 4. The van der Waals surface area contributed by atoms with Gasteiger partial charge in [-0.05, 0) is 30.2 Å². The number of anilines is 2. The Labute approximate surface area is 203 Å². The van der Waals surface area contributed by atoms with E-state index in [4.69, 9.17) is 15.2 Å². The number of aromatic nitrogens is 2. The lowest BCUT2D eigenvalue weighted by molar-refractivity contribution is 0.259. The summed E-state index contributed by atoms with van der Waals surface area (Å²) in [7, 11) is 3.15. The van der Waals surface area contributed by atoms with Gasteiger partial charge in [-0.15, -0.1) is 24.8 Å². The van der Waals surface area contributed by atoms with Crippen molar-refractivity contribution in [1.82, 2.24) is 14.9 Å². The van der Waals surface area contributed by atoms with Gasteiger partial charge < -0.3 is 20.1 Å². The summed E-state index contributed by atoms with van der Waals surface area (Å²) in [6, 6.07) is 7.65. The number of halogens is 4. The molecule has 2 aromatic carbocycles. The Balaban J connectivity index is 0.00000193. The normalized spacial score (nSPS) is 13.9. The lowest BCUT2D eigenvalue weighted by Gasteiger charge is -2.34. The van der Waals surface area contributed by atoms with Crippen LogP contribution >= 0.6 is 24.8 Å². The van der Waals surface area contributed by atoms with Crippen LogP contribution in [0, 0.1) is 11.6 Å². The molecule has 1 aliphatic rings. The summed E-state index contributed by atoms with van der Waals surface area (Å²) in [4.78, 5) is 13.6. The van der Waals surface area contributed by atoms with E-state index in [1.54, 1.807) is 32.4 Å². The molecule has 0 saturated carbocycles. The van der Waals surface area contributed by atoms with Gasteiger partial charge in [0.15, 0.2) is 23.1 Å². The molecule has 0 spiro atoms. The maximum Gasteiger partial charge on any atom is 0.227 e. The van der Waals surface area contributed by atoms with E-state index in [-0.39, 0.29) is 24.8 Å². The smallest absolute Gasteiger partial charge is 0.227 e. The minimum Gasteiger partial charge on any atom is -0.493 e. The molecule has 180 valence electrons. The minimum absolute atomic E-state index is 0. The van der Waals surface area contributed by atoms with Crippen LogP contribution in [0.3, 0.4) is 0 Å². The van der Waals surface area contributed by atoms with Gasteiger partial charge in [-0.3, -0.25) is 4.90 Å². The number of piperazine rings is 1. The minimum atomic E-state index is -0.817. The summed E-state index contributed by atoms with van der Waals surface area (Å²) in [5, 5.41) is 0.714. The van der Waals surface area contributed by atoms with Gasteiger partial charge in [-0.1, -0.05) is 6.07 Å². The second-order valence-electron chi connectivity index (χ2n) is 7.46. The molecule has 7 nitrogen and oxygen atoms in total. The summed E-state index contributed by atoms with van der Waals surface area (Å²) in [5.41, 5.74) is 7.68. The second-order valence-corrected chi connectivity index (χ2v) is 7.46. The number of hydrogen-bond donors (Lipinski definition) is 1. The SMILES string of the molecule is COc1cc2nc(N3CCN(CCc4ccc(F)c(F)c4)CC3)nc(N)c2cc1OC.Cl.Cl. The zero-order chi connectivity index (χ0) is 22.0. The summed E-state index contributed by atoms with van der Waals surface area (Å²) in [6.45, 7) is 3.90. The van der Waals surface area contributed by atoms with Crippen LogP contribution in [0.5, 0.6) is 11.5 Å². The van der Waals surface area contributed by atoms with E-state index < -0.39 is 11.6 Å². The maximum absolute atomic E-state index is 13.4. The number of benzene rings is 2. The molecule has 33 heavy (non-hydrogen) atoms. The predicted octanol–water partition coefficient (Wildman–Crippen LogP) is 3.72. The van der Waals surface area contributed by atoms with Gasteiger partial charge in [0.2, 0.25) is 5.95 Å².